The van der Waals surface area contributed by atoms with Gasteiger partial charge in [-0.1, -0.05) is 0 Å². The Morgan fingerprint density at radius 2 is 2.24 bits per heavy atom. The summed E-state index contributed by atoms with van der Waals surface area (Å²) in [5.41, 5.74) is 5.30. The van der Waals surface area contributed by atoms with Gasteiger partial charge in [-0.2, -0.15) is 0 Å². The van der Waals surface area contributed by atoms with Crippen molar-refractivity contribution in [3.8, 4) is 0 Å². The number of carbonyl (C=O) groups excluding carboxylic acids is 1. The first-order valence-electron chi connectivity index (χ1n) is 5.97. The monoisotopic (exact) mass is 263 g/mol. The lowest BCUT2D eigenvalue weighted by Gasteiger charge is -2.30. The van der Waals surface area contributed by atoms with E-state index in [1.54, 1.807) is 6.92 Å². The highest BCUT2D eigenvalue weighted by atomic mass is 32.2. The van der Waals surface area contributed by atoms with E-state index in [2.05, 4.69) is 5.32 Å². The SMILES string of the molecule is CCS(=O)(=O)N1CCCC(C(=O)NCCN)C1. The number of nitrogens with two attached hydrogens (primary N) is 1. The third kappa shape index (κ3) is 3.93. The first-order chi connectivity index (χ1) is 8.01. The normalized spacial score (nSPS) is 22.4. The van der Waals surface area contributed by atoms with Crippen molar-refractivity contribution in [1.82, 2.24) is 9.62 Å². The predicted octanol–water partition coefficient (Wildman–Crippen LogP) is -0.877. The molecule has 0 spiro atoms. The average Bonchev–Trinajstić information content (AvgIpc) is 2.36. The minimum Gasteiger partial charge on any atom is -0.355 e. The lowest BCUT2D eigenvalue weighted by atomic mass is 9.99. The molecule has 1 unspecified atom stereocenters. The number of amides is 1. The molecule has 1 aliphatic heterocycles. The molecule has 3 N–H and O–H groups in total. The van der Waals surface area contributed by atoms with Crippen LogP contribution in [0.3, 0.4) is 0 Å². The number of sulfonamides is 1. The molecule has 17 heavy (non-hydrogen) atoms. The summed E-state index contributed by atoms with van der Waals surface area (Å²) in [5.74, 6) is -0.243. The summed E-state index contributed by atoms with van der Waals surface area (Å²) >= 11 is 0. The number of hydrogen-bond acceptors (Lipinski definition) is 4. The highest BCUT2D eigenvalue weighted by molar-refractivity contribution is 7.89. The maximum Gasteiger partial charge on any atom is 0.224 e. The fraction of sp³-hybridized carbons (Fsp3) is 0.900. The van der Waals surface area contributed by atoms with Crippen LogP contribution in [0.4, 0.5) is 0 Å². The summed E-state index contributed by atoms with van der Waals surface area (Å²) in [7, 11) is -3.18. The molecular weight excluding hydrogens is 242 g/mol. The number of rotatable bonds is 5. The van der Waals surface area contributed by atoms with E-state index in [0.29, 0.717) is 26.2 Å². The first-order valence-corrected chi connectivity index (χ1v) is 7.57. The third-order valence-corrected chi connectivity index (χ3v) is 4.80. The molecule has 0 saturated carbocycles. The van der Waals surface area contributed by atoms with E-state index in [1.807, 2.05) is 0 Å². The Bertz CT molecular complexity index is 356. The summed E-state index contributed by atoms with van der Waals surface area (Å²) in [5, 5.41) is 2.71. The summed E-state index contributed by atoms with van der Waals surface area (Å²) in [4.78, 5) is 11.7. The summed E-state index contributed by atoms with van der Waals surface area (Å²) in [6.07, 6.45) is 1.48. The highest BCUT2D eigenvalue weighted by Gasteiger charge is 2.30. The molecule has 1 rings (SSSR count). The van der Waals surface area contributed by atoms with E-state index in [4.69, 9.17) is 5.73 Å². The second-order valence-electron chi connectivity index (χ2n) is 4.18. The number of carbonyl (C=O) groups is 1. The van der Waals surface area contributed by atoms with Gasteiger partial charge in [0.1, 0.15) is 0 Å². The van der Waals surface area contributed by atoms with E-state index in [1.165, 1.54) is 4.31 Å². The van der Waals surface area contributed by atoms with Gasteiger partial charge in [-0.15, -0.1) is 0 Å². The molecule has 6 nitrogen and oxygen atoms in total. The zero-order valence-corrected chi connectivity index (χ0v) is 11.0. The van der Waals surface area contributed by atoms with Crippen molar-refractivity contribution in [3.05, 3.63) is 0 Å². The van der Waals surface area contributed by atoms with Crippen LogP contribution < -0.4 is 11.1 Å². The van der Waals surface area contributed by atoms with Crippen LogP contribution in [0.25, 0.3) is 0 Å². The third-order valence-electron chi connectivity index (χ3n) is 2.96. The van der Waals surface area contributed by atoms with Crippen LogP contribution in [0, 0.1) is 5.92 Å². The van der Waals surface area contributed by atoms with Crippen molar-refractivity contribution in [3.63, 3.8) is 0 Å². The summed E-state index contributed by atoms with van der Waals surface area (Å²) in [6, 6.07) is 0. The standard InChI is InChI=1S/C10H21N3O3S/c1-2-17(15,16)13-7-3-4-9(8-13)10(14)12-6-5-11/h9H,2-8,11H2,1H3,(H,12,14). The molecule has 0 bridgehead atoms. The molecular formula is C10H21N3O3S. The molecule has 1 aliphatic rings. The van der Waals surface area contributed by atoms with Gasteiger partial charge in [-0.3, -0.25) is 4.79 Å². The minimum atomic E-state index is -3.18. The van der Waals surface area contributed by atoms with Crippen LogP contribution in [0.15, 0.2) is 0 Å². The van der Waals surface area contributed by atoms with Crippen LogP contribution in [0.5, 0.6) is 0 Å². The molecule has 0 aromatic rings. The molecule has 0 radical (unpaired) electrons. The smallest absolute Gasteiger partial charge is 0.224 e. The predicted molar refractivity (Wildman–Crippen MR) is 65.8 cm³/mol. The van der Waals surface area contributed by atoms with Crippen molar-refractivity contribution in [1.29, 1.82) is 0 Å². The van der Waals surface area contributed by atoms with Gasteiger partial charge in [0.15, 0.2) is 0 Å². The molecule has 0 aromatic heterocycles. The molecule has 1 fully saturated rings. The molecule has 1 atom stereocenters. The summed E-state index contributed by atoms with van der Waals surface area (Å²) in [6.45, 7) is 3.28. The van der Waals surface area contributed by atoms with Gasteiger partial charge in [0.2, 0.25) is 15.9 Å². The zero-order valence-electron chi connectivity index (χ0n) is 10.2. The van der Waals surface area contributed by atoms with Gasteiger partial charge in [-0.05, 0) is 19.8 Å². The first kappa shape index (κ1) is 14.4. The highest BCUT2D eigenvalue weighted by Crippen LogP contribution is 2.19. The largest absolute Gasteiger partial charge is 0.355 e. The van der Waals surface area contributed by atoms with Crippen LogP contribution in [-0.4, -0.2) is 50.6 Å². The van der Waals surface area contributed by atoms with Crippen molar-refractivity contribution in [2.75, 3.05) is 31.9 Å². The molecule has 100 valence electrons. The van der Waals surface area contributed by atoms with Crippen LogP contribution in [0.2, 0.25) is 0 Å². The second-order valence-corrected chi connectivity index (χ2v) is 6.44. The number of piperidine rings is 1. The Morgan fingerprint density at radius 3 is 2.82 bits per heavy atom. The topological polar surface area (TPSA) is 92.5 Å². The van der Waals surface area contributed by atoms with Gasteiger partial charge in [0.05, 0.1) is 11.7 Å². The van der Waals surface area contributed by atoms with Gasteiger partial charge in [0, 0.05) is 26.2 Å². The molecule has 0 aliphatic carbocycles. The minimum absolute atomic E-state index is 0.0874. The summed E-state index contributed by atoms with van der Waals surface area (Å²) < 4.78 is 24.8. The molecule has 1 amide bonds. The maximum absolute atomic E-state index is 11.7. The quantitative estimate of drug-likeness (QED) is 0.674. The Morgan fingerprint density at radius 1 is 1.53 bits per heavy atom. The Kier molecular flexibility index (Phi) is 5.35. The number of nitrogens with one attached hydrogen (secondary N) is 1. The van der Waals surface area contributed by atoms with Crippen LogP contribution in [0.1, 0.15) is 19.8 Å². The molecule has 0 aromatic carbocycles. The van der Waals surface area contributed by atoms with E-state index >= 15 is 0 Å². The Hall–Kier alpha value is -0.660. The lowest BCUT2D eigenvalue weighted by molar-refractivity contribution is -0.126. The molecule has 1 saturated heterocycles. The van der Waals surface area contributed by atoms with Crippen molar-refractivity contribution in [2.24, 2.45) is 11.7 Å². The second kappa shape index (κ2) is 6.32. The average molecular weight is 263 g/mol. The Labute approximate surface area is 103 Å². The van der Waals surface area contributed by atoms with Crippen LogP contribution in [-0.2, 0) is 14.8 Å². The lowest BCUT2D eigenvalue weighted by Crippen LogP contribution is -2.46. The van der Waals surface area contributed by atoms with E-state index < -0.39 is 10.0 Å². The van der Waals surface area contributed by atoms with Gasteiger partial charge >= 0.3 is 0 Å². The molecule has 7 heteroatoms. The van der Waals surface area contributed by atoms with Crippen molar-refractivity contribution >= 4 is 15.9 Å². The fourth-order valence-corrected chi connectivity index (χ4v) is 3.11. The Balaban J connectivity index is 2.58. The maximum atomic E-state index is 11.7. The van der Waals surface area contributed by atoms with Crippen molar-refractivity contribution in [2.45, 2.75) is 19.8 Å². The number of hydrogen-bond donors (Lipinski definition) is 2. The van der Waals surface area contributed by atoms with Crippen LogP contribution >= 0.6 is 0 Å². The van der Waals surface area contributed by atoms with Gasteiger partial charge in [-0.25, -0.2) is 12.7 Å². The van der Waals surface area contributed by atoms with Gasteiger partial charge in [0.25, 0.3) is 0 Å². The number of nitrogens with zero attached hydrogens (tertiary/aromatic N) is 1. The fourth-order valence-electron chi connectivity index (χ4n) is 1.93. The van der Waals surface area contributed by atoms with E-state index in [0.717, 1.165) is 12.8 Å². The molecule has 1 heterocycles. The zero-order chi connectivity index (χ0) is 12.9. The van der Waals surface area contributed by atoms with E-state index in [-0.39, 0.29) is 17.6 Å². The van der Waals surface area contributed by atoms with Crippen molar-refractivity contribution < 1.29 is 13.2 Å². The van der Waals surface area contributed by atoms with Gasteiger partial charge < -0.3 is 11.1 Å². The van der Waals surface area contributed by atoms with E-state index in [9.17, 15) is 13.2 Å².